The molecule has 4 rings (SSSR count). The summed E-state index contributed by atoms with van der Waals surface area (Å²) in [7, 11) is 6.45. The molecular weight excluding hydrogens is 358 g/mol. The van der Waals surface area contributed by atoms with E-state index in [4.69, 9.17) is 4.98 Å². The molecular formula is C24H41N5. The van der Waals surface area contributed by atoms with Gasteiger partial charge in [-0.2, -0.15) is 0 Å². The van der Waals surface area contributed by atoms with E-state index in [1.165, 1.54) is 83.2 Å². The van der Waals surface area contributed by atoms with E-state index in [1.54, 1.807) is 0 Å². The molecule has 0 atom stereocenters. The summed E-state index contributed by atoms with van der Waals surface area (Å²) in [6.45, 7) is 7.24. The Morgan fingerprint density at radius 3 is 2.21 bits per heavy atom. The van der Waals surface area contributed by atoms with Gasteiger partial charge in [-0.1, -0.05) is 6.42 Å². The zero-order valence-electron chi connectivity index (χ0n) is 18.9. The first-order valence-electron chi connectivity index (χ1n) is 11.9. The summed E-state index contributed by atoms with van der Waals surface area (Å²) in [5.74, 6) is 1.16. The van der Waals surface area contributed by atoms with Gasteiger partial charge in [0.2, 0.25) is 0 Å². The van der Waals surface area contributed by atoms with Gasteiger partial charge < -0.3 is 19.6 Å². The zero-order chi connectivity index (χ0) is 20.3. The fourth-order valence-corrected chi connectivity index (χ4v) is 5.37. The highest BCUT2D eigenvalue weighted by Gasteiger charge is 2.39. The highest BCUT2D eigenvalue weighted by Crippen LogP contribution is 2.43. The molecule has 0 amide bonds. The average molecular weight is 400 g/mol. The summed E-state index contributed by atoms with van der Waals surface area (Å²) in [6, 6.07) is 5.41. The minimum atomic E-state index is 0.614. The Kier molecular flexibility index (Phi) is 6.65. The van der Waals surface area contributed by atoms with Crippen LogP contribution in [0.25, 0.3) is 0 Å². The molecule has 3 heterocycles. The topological polar surface area (TPSA) is 25.9 Å². The number of aromatic nitrogens is 1. The van der Waals surface area contributed by atoms with Crippen molar-refractivity contribution in [3.63, 3.8) is 0 Å². The molecule has 1 aromatic rings. The number of anilines is 2. The van der Waals surface area contributed by atoms with E-state index in [0.717, 1.165) is 24.9 Å². The number of rotatable bonds is 7. The largest absolute Gasteiger partial charge is 0.373 e. The van der Waals surface area contributed by atoms with Crippen molar-refractivity contribution >= 4 is 11.5 Å². The van der Waals surface area contributed by atoms with Crippen molar-refractivity contribution in [1.82, 2.24) is 14.8 Å². The van der Waals surface area contributed by atoms with Crippen LogP contribution in [0.4, 0.5) is 11.5 Å². The van der Waals surface area contributed by atoms with Crippen molar-refractivity contribution in [1.29, 1.82) is 0 Å². The van der Waals surface area contributed by atoms with Crippen LogP contribution in [0.5, 0.6) is 0 Å². The van der Waals surface area contributed by atoms with Crippen LogP contribution >= 0.6 is 0 Å². The number of piperidine rings is 2. The van der Waals surface area contributed by atoms with Crippen molar-refractivity contribution in [3.05, 3.63) is 18.3 Å². The normalized spacial score (nSPS) is 22.8. The molecule has 2 saturated heterocycles. The lowest BCUT2D eigenvalue weighted by atomic mass is 9.70. The van der Waals surface area contributed by atoms with Crippen molar-refractivity contribution in [2.75, 3.05) is 70.2 Å². The van der Waals surface area contributed by atoms with Gasteiger partial charge in [0.25, 0.3) is 0 Å². The molecule has 0 bridgehead atoms. The Morgan fingerprint density at radius 1 is 0.966 bits per heavy atom. The van der Waals surface area contributed by atoms with Gasteiger partial charge in [-0.15, -0.1) is 0 Å². The second-order valence-electron chi connectivity index (χ2n) is 10.1. The molecule has 0 unspecified atom stereocenters. The van der Waals surface area contributed by atoms with Crippen LogP contribution in [0.1, 0.15) is 51.4 Å². The van der Waals surface area contributed by atoms with E-state index in [0.29, 0.717) is 5.41 Å². The zero-order valence-corrected chi connectivity index (χ0v) is 18.9. The number of hydrogen-bond acceptors (Lipinski definition) is 5. The minimum Gasteiger partial charge on any atom is -0.373 e. The van der Waals surface area contributed by atoms with Crippen LogP contribution < -0.4 is 9.80 Å². The van der Waals surface area contributed by atoms with Crippen LogP contribution in [0, 0.1) is 5.41 Å². The van der Waals surface area contributed by atoms with Crippen molar-refractivity contribution in [2.45, 2.75) is 57.4 Å². The lowest BCUT2D eigenvalue weighted by molar-refractivity contribution is 0.0305. The predicted molar refractivity (Wildman–Crippen MR) is 123 cm³/mol. The Bertz CT molecular complexity index is 621. The Morgan fingerprint density at radius 2 is 1.66 bits per heavy atom. The van der Waals surface area contributed by atoms with Gasteiger partial charge in [0.05, 0.1) is 11.9 Å². The molecule has 1 aromatic heterocycles. The third-order valence-electron chi connectivity index (χ3n) is 7.87. The fourth-order valence-electron chi connectivity index (χ4n) is 5.37. The highest BCUT2D eigenvalue weighted by molar-refractivity contribution is 5.50. The molecule has 5 heteroatoms. The molecule has 3 fully saturated rings. The minimum absolute atomic E-state index is 0.614. The number of likely N-dealkylation sites (tertiary alicyclic amines) is 1. The van der Waals surface area contributed by atoms with E-state index in [1.807, 2.05) is 0 Å². The summed E-state index contributed by atoms with van der Waals surface area (Å²) in [6.07, 6.45) is 13.1. The molecule has 5 nitrogen and oxygen atoms in total. The number of pyridine rings is 1. The van der Waals surface area contributed by atoms with Crippen molar-refractivity contribution in [3.8, 4) is 0 Å². The Labute approximate surface area is 178 Å². The van der Waals surface area contributed by atoms with E-state index in [2.05, 4.69) is 59.1 Å². The first-order chi connectivity index (χ1) is 14.0. The van der Waals surface area contributed by atoms with Crippen LogP contribution in [0.3, 0.4) is 0 Å². The molecule has 1 saturated carbocycles. The van der Waals surface area contributed by atoms with E-state index >= 15 is 0 Å². The molecule has 2 aliphatic heterocycles. The van der Waals surface area contributed by atoms with E-state index in [-0.39, 0.29) is 0 Å². The van der Waals surface area contributed by atoms with Gasteiger partial charge in [0.15, 0.2) is 0 Å². The number of nitrogens with zero attached hydrogens (tertiary/aromatic N) is 5. The highest BCUT2D eigenvalue weighted by atomic mass is 15.2. The second-order valence-corrected chi connectivity index (χ2v) is 10.1. The maximum atomic E-state index is 4.82. The van der Waals surface area contributed by atoms with Crippen molar-refractivity contribution in [2.24, 2.45) is 5.41 Å². The molecule has 29 heavy (non-hydrogen) atoms. The SMILES string of the molecule is CN(C)CCCN(C)c1ccc(N2CCC3(CC2)CCN(C2CCC2)CC3)nc1. The lowest BCUT2D eigenvalue weighted by Gasteiger charge is -2.50. The van der Waals surface area contributed by atoms with Gasteiger partial charge in [0.1, 0.15) is 5.82 Å². The standard InChI is InChI=1S/C24H41N5/c1-26(2)14-5-15-27(3)22-8-9-23(25-20-22)29-18-12-24(13-19-29)10-16-28(17-11-24)21-6-4-7-21/h8-9,20-21H,4-7,10-19H2,1-3H3. The second kappa shape index (κ2) is 9.22. The number of hydrogen-bond donors (Lipinski definition) is 0. The quantitative estimate of drug-likeness (QED) is 0.696. The van der Waals surface area contributed by atoms with Crippen molar-refractivity contribution < 1.29 is 0 Å². The predicted octanol–water partition coefficient (Wildman–Crippen LogP) is 3.70. The van der Waals surface area contributed by atoms with Crippen LogP contribution in [0.15, 0.2) is 18.3 Å². The molecule has 0 aromatic carbocycles. The summed E-state index contributed by atoms with van der Waals surface area (Å²) in [5.41, 5.74) is 1.84. The first-order valence-corrected chi connectivity index (χ1v) is 11.9. The molecule has 0 N–H and O–H groups in total. The maximum Gasteiger partial charge on any atom is 0.128 e. The molecule has 1 aliphatic carbocycles. The van der Waals surface area contributed by atoms with Gasteiger partial charge in [-0.25, -0.2) is 4.98 Å². The fraction of sp³-hybridized carbons (Fsp3) is 0.792. The first kappa shape index (κ1) is 20.9. The summed E-state index contributed by atoms with van der Waals surface area (Å²) in [4.78, 5) is 14.7. The third kappa shape index (κ3) is 5.05. The Balaban J connectivity index is 1.24. The molecule has 0 radical (unpaired) electrons. The lowest BCUT2D eigenvalue weighted by Crippen LogP contribution is -2.51. The van der Waals surface area contributed by atoms with Crippen LogP contribution in [-0.2, 0) is 0 Å². The van der Waals surface area contributed by atoms with Crippen LogP contribution in [0.2, 0.25) is 0 Å². The molecule has 3 aliphatic rings. The maximum absolute atomic E-state index is 4.82. The van der Waals surface area contributed by atoms with Gasteiger partial charge in [-0.05, 0) is 96.2 Å². The van der Waals surface area contributed by atoms with E-state index < -0.39 is 0 Å². The van der Waals surface area contributed by atoms with Gasteiger partial charge >= 0.3 is 0 Å². The van der Waals surface area contributed by atoms with Gasteiger partial charge in [-0.3, -0.25) is 0 Å². The summed E-state index contributed by atoms with van der Waals surface area (Å²) >= 11 is 0. The molecule has 162 valence electrons. The molecule has 1 spiro atoms. The van der Waals surface area contributed by atoms with Crippen LogP contribution in [-0.4, -0.2) is 81.2 Å². The average Bonchev–Trinajstić information content (AvgIpc) is 2.69. The smallest absolute Gasteiger partial charge is 0.128 e. The monoisotopic (exact) mass is 399 g/mol. The summed E-state index contributed by atoms with van der Waals surface area (Å²) in [5, 5.41) is 0. The third-order valence-corrected chi connectivity index (χ3v) is 7.87. The summed E-state index contributed by atoms with van der Waals surface area (Å²) < 4.78 is 0. The Hall–Kier alpha value is -1.33. The van der Waals surface area contributed by atoms with Gasteiger partial charge in [0, 0.05) is 32.7 Å². The van der Waals surface area contributed by atoms with E-state index in [9.17, 15) is 0 Å².